The summed E-state index contributed by atoms with van der Waals surface area (Å²) in [5.74, 6) is 1.03. The van der Waals surface area contributed by atoms with Crippen molar-refractivity contribution in [2.75, 3.05) is 27.4 Å². The molecule has 1 aliphatic rings. The van der Waals surface area contributed by atoms with Gasteiger partial charge in [-0.2, -0.15) is 0 Å². The number of aryl methyl sites for hydroxylation is 1. The van der Waals surface area contributed by atoms with Gasteiger partial charge in [0.25, 0.3) is 0 Å². The van der Waals surface area contributed by atoms with Crippen molar-refractivity contribution >= 4 is 0 Å². The van der Waals surface area contributed by atoms with Crippen LogP contribution in [0.5, 0.6) is 5.88 Å². The minimum Gasteiger partial charge on any atom is -0.481 e. The number of aromatic nitrogens is 3. The third kappa shape index (κ3) is 2.84. The van der Waals surface area contributed by atoms with Crippen molar-refractivity contribution in [3.8, 4) is 5.88 Å². The summed E-state index contributed by atoms with van der Waals surface area (Å²) in [6.07, 6.45) is 3.64. The maximum atomic E-state index is 5.40. The van der Waals surface area contributed by atoms with Crippen molar-refractivity contribution in [2.24, 2.45) is 7.05 Å². The van der Waals surface area contributed by atoms with Crippen molar-refractivity contribution in [1.82, 2.24) is 19.4 Å². The standard InChI is InChI=1S/C16H22N4O2/c1-19-11-18-14-9-20(8-13(10-21-2)15(14)19)7-12-5-4-6-17-16(12)22-3/h4-6,11,13H,7-10H2,1-3H3. The van der Waals surface area contributed by atoms with E-state index >= 15 is 0 Å². The lowest BCUT2D eigenvalue weighted by molar-refractivity contribution is 0.131. The van der Waals surface area contributed by atoms with Crippen LogP contribution in [0.25, 0.3) is 0 Å². The molecule has 1 aliphatic heterocycles. The van der Waals surface area contributed by atoms with Gasteiger partial charge in [-0.05, 0) is 6.07 Å². The summed E-state index contributed by atoms with van der Waals surface area (Å²) >= 11 is 0. The van der Waals surface area contributed by atoms with Crippen LogP contribution < -0.4 is 4.74 Å². The average molecular weight is 302 g/mol. The summed E-state index contributed by atoms with van der Waals surface area (Å²) in [7, 11) is 5.46. The van der Waals surface area contributed by atoms with Crippen molar-refractivity contribution in [3.63, 3.8) is 0 Å². The zero-order chi connectivity index (χ0) is 15.5. The van der Waals surface area contributed by atoms with E-state index in [9.17, 15) is 0 Å². The summed E-state index contributed by atoms with van der Waals surface area (Å²) in [5, 5.41) is 0. The topological polar surface area (TPSA) is 52.4 Å². The smallest absolute Gasteiger partial charge is 0.217 e. The summed E-state index contributed by atoms with van der Waals surface area (Å²) in [4.78, 5) is 11.2. The molecule has 22 heavy (non-hydrogen) atoms. The molecule has 3 rings (SSSR count). The quantitative estimate of drug-likeness (QED) is 0.839. The lowest BCUT2D eigenvalue weighted by atomic mass is 9.98. The highest BCUT2D eigenvalue weighted by Gasteiger charge is 2.29. The van der Waals surface area contributed by atoms with Crippen molar-refractivity contribution < 1.29 is 9.47 Å². The molecule has 0 fully saturated rings. The zero-order valence-electron chi connectivity index (χ0n) is 13.3. The van der Waals surface area contributed by atoms with Crippen molar-refractivity contribution in [3.05, 3.63) is 41.6 Å². The number of ether oxygens (including phenoxy) is 2. The molecule has 0 bridgehead atoms. The van der Waals surface area contributed by atoms with E-state index in [0.29, 0.717) is 18.4 Å². The number of imidazole rings is 1. The predicted molar refractivity (Wildman–Crippen MR) is 82.7 cm³/mol. The number of methoxy groups -OCH3 is 2. The fourth-order valence-corrected chi connectivity index (χ4v) is 3.23. The van der Waals surface area contributed by atoms with Crippen LogP contribution in [0.15, 0.2) is 24.7 Å². The van der Waals surface area contributed by atoms with Gasteiger partial charge >= 0.3 is 0 Å². The summed E-state index contributed by atoms with van der Waals surface area (Å²) in [6.45, 7) is 3.29. The normalized spacial score (nSPS) is 18.2. The molecule has 1 atom stereocenters. The van der Waals surface area contributed by atoms with Gasteiger partial charge in [-0.25, -0.2) is 9.97 Å². The first-order valence-corrected chi connectivity index (χ1v) is 7.42. The molecule has 2 aromatic heterocycles. The molecule has 0 radical (unpaired) electrons. The van der Waals surface area contributed by atoms with Gasteiger partial charge < -0.3 is 14.0 Å². The van der Waals surface area contributed by atoms with Crippen LogP contribution in [0, 0.1) is 0 Å². The number of hydrogen-bond donors (Lipinski definition) is 0. The van der Waals surface area contributed by atoms with Crippen LogP contribution >= 0.6 is 0 Å². The van der Waals surface area contributed by atoms with Crippen LogP contribution in [-0.4, -0.2) is 46.8 Å². The van der Waals surface area contributed by atoms with Crippen molar-refractivity contribution in [1.29, 1.82) is 0 Å². The summed E-state index contributed by atoms with van der Waals surface area (Å²) < 4.78 is 12.9. The van der Waals surface area contributed by atoms with E-state index in [-0.39, 0.29) is 0 Å². The summed E-state index contributed by atoms with van der Waals surface area (Å²) in [6, 6.07) is 4.01. The zero-order valence-corrected chi connectivity index (χ0v) is 13.3. The number of fused-ring (bicyclic) bond motifs is 1. The van der Waals surface area contributed by atoms with Gasteiger partial charge in [0.2, 0.25) is 5.88 Å². The minimum absolute atomic E-state index is 0.337. The Hall–Kier alpha value is -1.92. The molecule has 2 aromatic rings. The Bertz CT molecular complexity index is 641. The maximum absolute atomic E-state index is 5.40. The minimum atomic E-state index is 0.337. The van der Waals surface area contributed by atoms with E-state index in [1.807, 2.05) is 19.4 Å². The van der Waals surface area contributed by atoms with Gasteiger partial charge in [-0.3, -0.25) is 4.90 Å². The Morgan fingerprint density at radius 2 is 2.18 bits per heavy atom. The van der Waals surface area contributed by atoms with Gasteiger partial charge in [-0.15, -0.1) is 0 Å². The Labute approximate surface area is 130 Å². The molecule has 3 heterocycles. The first kappa shape index (κ1) is 15.0. The number of pyridine rings is 1. The highest BCUT2D eigenvalue weighted by molar-refractivity contribution is 5.27. The Kier molecular flexibility index (Phi) is 4.40. The molecule has 0 amide bonds. The molecule has 0 aromatic carbocycles. The second kappa shape index (κ2) is 6.46. The van der Waals surface area contributed by atoms with Gasteiger partial charge in [-0.1, -0.05) is 6.07 Å². The van der Waals surface area contributed by atoms with E-state index < -0.39 is 0 Å². The maximum Gasteiger partial charge on any atom is 0.217 e. The lowest BCUT2D eigenvalue weighted by Gasteiger charge is -2.32. The predicted octanol–water partition coefficient (Wildman–Crippen LogP) is 1.57. The third-order valence-electron chi connectivity index (χ3n) is 4.11. The molecule has 1 unspecified atom stereocenters. The van der Waals surface area contributed by atoms with E-state index in [0.717, 1.165) is 30.9 Å². The first-order valence-electron chi connectivity index (χ1n) is 7.42. The highest BCUT2D eigenvalue weighted by atomic mass is 16.5. The average Bonchev–Trinajstić information content (AvgIpc) is 2.90. The van der Waals surface area contributed by atoms with E-state index in [4.69, 9.17) is 9.47 Å². The van der Waals surface area contributed by atoms with Gasteiger partial charge in [0.15, 0.2) is 0 Å². The van der Waals surface area contributed by atoms with Gasteiger partial charge in [0.1, 0.15) is 0 Å². The fraction of sp³-hybridized carbons (Fsp3) is 0.500. The molecule has 0 aliphatic carbocycles. The molecular formula is C16H22N4O2. The molecule has 6 heteroatoms. The van der Waals surface area contributed by atoms with Crippen LogP contribution in [0.4, 0.5) is 0 Å². The number of nitrogens with zero attached hydrogens (tertiary/aromatic N) is 4. The Morgan fingerprint density at radius 3 is 2.95 bits per heavy atom. The van der Waals surface area contributed by atoms with Gasteiger partial charge in [0, 0.05) is 57.2 Å². The van der Waals surface area contributed by atoms with Crippen LogP contribution in [0.3, 0.4) is 0 Å². The fourth-order valence-electron chi connectivity index (χ4n) is 3.23. The second-order valence-electron chi connectivity index (χ2n) is 5.68. The molecule has 118 valence electrons. The first-order chi connectivity index (χ1) is 10.7. The highest BCUT2D eigenvalue weighted by Crippen LogP contribution is 2.29. The van der Waals surface area contributed by atoms with Crippen molar-refractivity contribution in [2.45, 2.75) is 19.0 Å². The molecule has 0 spiro atoms. The van der Waals surface area contributed by atoms with E-state index in [2.05, 4.69) is 25.5 Å². The van der Waals surface area contributed by atoms with E-state index in [1.165, 1.54) is 5.69 Å². The second-order valence-corrected chi connectivity index (χ2v) is 5.68. The molecular weight excluding hydrogens is 280 g/mol. The van der Waals surface area contributed by atoms with Gasteiger partial charge in [0.05, 0.1) is 25.7 Å². The number of rotatable bonds is 5. The monoisotopic (exact) mass is 302 g/mol. The van der Waals surface area contributed by atoms with Crippen LogP contribution in [0.2, 0.25) is 0 Å². The van der Waals surface area contributed by atoms with Crippen LogP contribution in [-0.2, 0) is 24.9 Å². The number of hydrogen-bond acceptors (Lipinski definition) is 5. The van der Waals surface area contributed by atoms with E-state index in [1.54, 1.807) is 20.4 Å². The van der Waals surface area contributed by atoms with Crippen LogP contribution in [0.1, 0.15) is 22.9 Å². The molecule has 0 saturated heterocycles. The third-order valence-corrected chi connectivity index (χ3v) is 4.11. The SMILES string of the molecule is COCC1CN(Cc2cccnc2OC)Cc2ncn(C)c21. The Balaban J connectivity index is 1.82. The summed E-state index contributed by atoms with van der Waals surface area (Å²) in [5.41, 5.74) is 3.52. The molecule has 0 N–H and O–H groups in total. The molecule has 6 nitrogen and oxygen atoms in total. The molecule has 0 saturated carbocycles. The Morgan fingerprint density at radius 1 is 1.32 bits per heavy atom. The lowest BCUT2D eigenvalue weighted by Crippen LogP contribution is -2.35. The largest absolute Gasteiger partial charge is 0.481 e.